The molecule has 0 aliphatic heterocycles. The van der Waals surface area contributed by atoms with Gasteiger partial charge in [-0.05, 0) is 58.3 Å². The molecule has 2 aromatic heterocycles. The Labute approximate surface area is 164 Å². The minimum Gasteiger partial charge on any atom is -0.309 e. The molecule has 0 aliphatic carbocycles. The van der Waals surface area contributed by atoms with E-state index in [1.807, 2.05) is 34.2 Å². The van der Waals surface area contributed by atoms with E-state index in [1.165, 1.54) is 11.8 Å². The van der Waals surface area contributed by atoms with Gasteiger partial charge in [-0.2, -0.15) is 5.10 Å². The number of aryl methyl sites for hydroxylation is 2. The van der Waals surface area contributed by atoms with Crippen molar-refractivity contribution < 1.29 is 8.42 Å². The van der Waals surface area contributed by atoms with Crippen molar-refractivity contribution in [2.24, 2.45) is 0 Å². The lowest BCUT2D eigenvalue weighted by atomic mass is 10.1. The second-order valence-electron chi connectivity index (χ2n) is 6.70. The van der Waals surface area contributed by atoms with Crippen molar-refractivity contribution in [1.29, 1.82) is 0 Å². The van der Waals surface area contributed by atoms with Crippen LogP contribution < -0.4 is 0 Å². The first-order chi connectivity index (χ1) is 12.8. The fourth-order valence-electron chi connectivity index (χ4n) is 3.11. The summed E-state index contributed by atoms with van der Waals surface area (Å²) < 4.78 is 28.3. The van der Waals surface area contributed by atoms with Crippen molar-refractivity contribution in [3.05, 3.63) is 47.3 Å². The second-order valence-corrected chi connectivity index (χ2v) is 9.39. The van der Waals surface area contributed by atoms with E-state index in [0.29, 0.717) is 10.7 Å². The first kappa shape index (κ1) is 19.9. The molecule has 0 bridgehead atoms. The Morgan fingerprint density at radius 2 is 1.81 bits per heavy atom. The monoisotopic (exact) mass is 404 g/mol. The average molecular weight is 405 g/mol. The highest BCUT2D eigenvalue weighted by Crippen LogP contribution is 2.33. The lowest BCUT2D eigenvalue weighted by Gasteiger charge is -2.14. The molecule has 2 heterocycles. The molecule has 144 valence electrons. The zero-order valence-electron chi connectivity index (χ0n) is 16.2. The Kier molecular flexibility index (Phi) is 5.60. The summed E-state index contributed by atoms with van der Waals surface area (Å²) in [4.78, 5) is 7.22. The lowest BCUT2D eigenvalue weighted by Crippen LogP contribution is -2.17. The third-order valence-electron chi connectivity index (χ3n) is 4.58. The van der Waals surface area contributed by atoms with E-state index in [1.54, 1.807) is 34.8 Å². The third kappa shape index (κ3) is 3.61. The van der Waals surface area contributed by atoms with Gasteiger partial charge < -0.3 is 4.90 Å². The van der Waals surface area contributed by atoms with E-state index >= 15 is 0 Å². The highest BCUT2D eigenvalue weighted by Gasteiger charge is 2.29. The number of sulfone groups is 1. The summed E-state index contributed by atoms with van der Waals surface area (Å²) in [5.41, 5.74) is 3.28. The zero-order chi connectivity index (χ0) is 19.8. The normalized spacial score (nSPS) is 12.2. The molecule has 6 nitrogen and oxygen atoms in total. The van der Waals surface area contributed by atoms with Crippen molar-refractivity contribution in [3.63, 3.8) is 0 Å². The highest BCUT2D eigenvalue weighted by atomic mass is 32.2. The molecule has 0 atom stereocenters. The molecule has 0 radical (unpaired) electrons. The summed E-state index contributed by atoms with van der Waals surface area (Å²) in [6.45, 7) is 4.80. The van der Waals surface area contributed by atoms with Crippen LogP contribution in [0, 0.1) is 13.8 Å². The summed E-state index contributed by atoms with van der Waals surface area (Å²) in [5.74, 6) is 0. The molecule has 27 heavy (non-hydrogen) atoms. The van der Waals surface area contributed by atoms with Crippen LogP contribution in [0.15, 0.2) is 45.1 Å². The molecule has 8 heteroatoms. The summed E-state index contributed by atoms with van der Waals surface area (Å²) in [6, 6.07) is 8.46. The molecule has 0 amide bonds. The SMILES string of the molecule is CSc1nn2c(C)c(CCN(C)C)c(C)nc2c1S(=O)(=O)c1ccccc1. The summed E-state index contributed by atoms with van der Waals surface area (Å²) in [5, 5.41) is 5.05. The predicted molar refractivity (Wildman–Crippen MR) is 108 cm³/mol. The standard InChI is InChI=1S/C19H24N4O2S2/c1-13-16(11-12-22(3)4)14(2)23-18(20-13)17(19(21-23)26-5)27(24,25)15-9-7-6-8-10-15/h6-10H,11-12H2,1-5H3. The number of likely N-dealkylation sites (N-methyl/N-ethyl adjacent to an activating group) is 1. The highest BCUT2D eigenvalue weighted by molar-refractivity contribution is 7.99. The number of benzene rings is 1. The van der Waals surface area contributed by atoms with Crippen LogP contribution in [-0.4, -0.2) is 54.8 Å². The fourth-order valence-corrected chi connectivity index (χ4v) is 5.52. The number of nitrogens with zero attached hydrogens (tertiary/aromatic N) is 4. The van der Waals surface area contributed by atoms with Gasteiger partial charge in [0.05, 0.1) is 4.90 Å². The van der Waals surface area contributed by atoms with Gasteiger partial charge in [0.2, 0.25) is 9.84 Å². The smallest absolute Gasteiger partial charge is 0.213 e. The van der Waals surface area contributed by atoms with E-state index in [9.17, 15) is 8.42 Å². The number of rotatable bonds is 6. The van der Waals surface area contributed by atoms with Gasteiger partial charge in [-0.25, -0.2) is 17.9 Å². The Morgan fingerprint density at radius 3 is 2.41 bits per heavy atom. The van der Waals surface area contributed by atoms with Gasteiger partial charge in [-0.1, -0.05) is 18.2 Å². The van der Waals surface area contributed by atoms with Crippen LogP contribution in [0.4, 0.5) is 0 Å². The molecule has 0 saturated carbocycles. The average Bonchev–Trinajstić information content (AvgIpc) is 3.01. The van der Waals surface area contributed by atoms with Gasteiger partial charge in [0.15, 0.2) is 10.5 Å². The van der Waals surface area contributed by atoms with Gasteiger partial charge in [0.1, 0.15) is 5.03 Å². The largest absolute Gasteiger partial charge is 0.309 e. The van der Waals surface area contributed by atoms with Crippen LogP contribution >= 0.6 is 11.8 Å². The molecule has 0 saturated heterocycles. The first-order valence-electron chi connectivity index (χ1n) is 8.65. The molecule has 0 N–H and O–H groups in total. The van der Waals surface area contributed by atoms with Gasteiger partial charge in [0, 0.05) is 17.9 Å². The van der Waals surface area contributed by atoms with Gasteiger partial charge in [-0.15, -0.1) is 11.8 Å². The molecule has 3 rings (SSSR count). The van der Waals surface area contributed by atoms with Crippen LogP contribution in [0.5, 0.6) is 0 Å². The Balaban J connectivity index is 2.26. The van der Waals surface area contributed by atoms with Crippen LogP contribution in [0.1, 0.15) is 17.0 Å². The zero-order valence-corrected chi connectivity index (χ0v) is 17.9. The maximum absolute atomic E-state index is 13.3. The van der Waals surface area contributed by atoms with Crippen LogP contribution in [0.3, 0.4) is 0 Å². The number of hydrogen-bond donors (Lipinski definition) is 0. The van der Waals surface area contributed by atoms with Crippen LogP contribution in [-0.2, 0) is 16.3 Å². The predicted octanol–water partition coefficient (Wildman–Crippen LogP) is 3.00. The van der Waals surface area contributed by atoms with Crippen LogP contribution in [0.2, 0.25) is 0 Å². The first-order valence-corrected chi connectivity index (χ1v) is 11.4. The Hall–Kier alpha value is -1.90. The van der Waals surface area contributed by atoms with Gasteiger partial charge in [-0.3, -0.25) is 0 Å². The lowest BCUT2D eigenvalue weighted by molar-refractivity contribution is 0.412. The molecular formula is C19H24N4O2S2. The number of aromatic nitrogens is 3. The minimum atomic E-state index is -3.71. The summed E-state index contributed by atoms with van der Waals surface area (Å²) in [7, 11) is 0.345. The minimum absolute atomic E-state index is 0.187. The molecule has 0 spiro atoms. The molecular weight excluding hydrogens is 380 g/mol. The quantitative estimate of drug-likeness (QED) is 0.589. The van der Waals surface area contributed by atoms with E-state index in [-0.39, 0.29) is 9.79 Å². The summed E-state index contributed by atoms with van der Waals surface area (Å²) in [6.07, 6.45) is 2.67. The Bertz CT molecular complexity index is 1070. The number of hydrogen-bond acceptors (Lipinski definition) is 6. The molecule has 0 unspecified atom stereocenters. The van der Waals surface area contributed by atoms with Gasteiger partial charge >= 0.3 is 0 Å². The molecule has 3 aromatic rings. The van der Waals surface area contributed by atoms with Crippen molar-refractivity contribution in [2.45, 2.75) is 35.1 Å². The van der Waals surface area contributed by atoms with Crippen LogP contribution in [0.25, 0.3) is 5.65 Å². The Morgan fingerprint density at radius 1 is 1.15 bits per heavy atom. The van der Waals surface area contributed by atoms with E-state index in [0.717, 1.165) is 29.9 Å². The fraction of sp³-hybridized carbons (Fsp3) is 0.368. The van der Waals surface area contributed by atoms with Crippen molar-refractivity contribution in [2.75, 3.05) is 26.9 Å². The second kappa shape index (κ2) is 7.61. The molecule has 1 aromatic carbocycles. The molecule has 0 aliphatic rings. The maximum Gasteiger partial charge on any atom is 0.213 e. The van der Waals surface area contributed by atoms with E-state index in [4.69, 9.17) is 0 Å². The summed E-state index contributed by atoms with van der Waals surface area (Å²) >= 11 is 1.32. The van der Waals surface area contributed by atoms with Crippen molar-refractivity contribution >= 4 is 27.2 Å². The maximum atomic E-state index is 13.3. The van der Waals surface area contributed by atoms with Crippen molar-refractivity contribution in [3.8, 4) is 0 Å². The van der Waals surface area contributed by atoms with Crippen molar-refractivity contribution in [1.82, 2.24) is 19.5 Å². The topological polar surface area (TPSA) is 67.6 Å². The number of thioether (sulfide) groups is 1. The van der Waals surface area contributed by atoms with E-state index < -0.39 is 9.84 Å². The van der Waals surface area contributed by atoms with E-state index in [2.05, 4.69) is 15.0 Å². The number of fused-ring (bicyclic) bond motifs is 1. The molecule has 0 fully saturated rings. The van der Waals surface area contributed by atoms with Gasteiger partial charge in [0.25, 0.3) is 0 Å². The third-order valence-corrected chi connectivity index (χ3v) is 7.19.